The minimum Gasteiger partial charge on any atom is -0.393 e. The second-order valence-corrected chi connectivity index (χ2v) is 8.04. The third kappa shape index (κ3) is 4.47. The molecule has 2 heterocycles. The van der Waals surface area contributed by atoms with Crippen LogP contribution >= 0.6 is 0 Å². The van der Waals surface area contributed by atoms with Crippen molar-refractivity contribution in [2.75, 3.05) is 19.6 Å². The number of piperidine rings is 1. The van der Waals surface area contributed by atoms with Gasteiger partial charge in [0.25, 0.3) is 0 Å². The van der Waals surface area contributed by atoms with E-state index in [2.05, 4.69) is 27.3 Å². The number of hydrogen-bond donors (Lipinski definition) is 2. The lowest BCUT2D eigenvalue weighted by Gasteiger charge is -2.38. The first kappa shape index (κ1) is 18.4. The number of hydrogen-bond acceptors (Lipinski definition) is 4. The number of aliphatic hydroxyl groups excluding tert-OH is 1. The van der Waals surface area contributed by atoms with E-state index in [9.17, 15) is 9.90 Å². The van der Waals surface area contributed by atoms with E-state index in [-0.39, 0.29) is 24.0 Å². The number of amides is 1. The fourth-order valence-corrected chi connectivity index (χ4v) is 4.32. The van der Waals surface area contributed by atoms with E-state index in [1.807, 2.05) is 24.4 Å². The number of likely N-dealkylation sites (tertiary alicyclic amines) is 1. The van der Waals surface area contributed by atoms with Crippen LogP contribution in [0.15, 0.2) is 36.5 Å². The second kappa shape index (κ2) is 8.36. The Bertz CT molecular complexity index is 782. The molecule has 5 heteroatoms. The molecule has 0 radical (unpaired) electrons. The molecule has 1 amide bonds. The van der Waals surface area contributed by atoms with Gasteiger partial charge in [0.15, 0.2) is 0 Å². The molecule has 144 valence electrons. The summed E-state index contributed by atoms with van der Waals surface area (Å²) >= 11 is 0. The fourth-order valence-electron chi connectivity index (χ4n) is 4.32. The first-order valence-corrected chi connectivity index (χ1v) is 10.2. The number of nitrogens with zero attached hydrogens (tertiary/aromatic N) is 2. The molecule has 1 aromatic carbocycles. The molecule has 1 aliphatic heterocycles. The molecule has 27 heavy (non-hydrogen) atoms. The fraction of sp³-hybridized carbons (Fsp3) is 0.545. The topological polar surface area (TPSA) is 65.5 Å². The molecule has 2 N–H and O–H groups in total. The van der Waals surface area contributed by atoms with Crippen molar-refractivity contribution >= 4 is 16.8 Å². The van der Waals surface area contributed by atoms with Gasteiger partial charge in [-0.2, -0.15) is 0 Å². The molecule has 1 saturated heterocycles. The van der Waals surface area contributed by atoms with Crippen LogP contribution in [0, 0.1) is 5.92 Å². The van der Waals surface area contributed by atoms with Gasteiger partial charge < -0.3 is 15.3 Å². The quantitative estimate of drug-likeness (QED) is 0.824. The second-order valence-electron chi connectivity index (χ2n) is 8.04. The van der Waals surface area contributed by atoms with Crippen molar-refractivity contribution in [2.24, 2.45) is 5.92 Å². The molecule has 5 nitrogen and oxygen atoms in total. The van der Waals surface area contributed by atoms with Crippen LogP contribution in [-0.2, 0) is 4.79 Å². The van der Waals surface area contributed by atoms with Crippen LogP contribution in [0.25, 0.3) is 10.9 Å². The summed E-state index contributed by atoms with van der Waals surface area (Å²) in [7, 11) is 0. The van der Waals surface area contributed by atoms with Crippen LogP contribution in [0.1, 0.15) is 50.1 Å². The SMILES string of the molecule is O=C(CCN1CCCCC1)N[C@H](c1cnc2ccccc2c1)C1CC(O)C1. The van der Waals surface area contributed by atoms with E-state index in [4.69, 9.17) is 0 Å². The summed E-state index contributed by atoms with van der Waals surface area (Å²) in [6, 6.07) is 10.1. The summed E-state index contributed by atoms with van der Waals surface area (Å²) < 4.78 is 0. The van der Waals surface area contributed by atoms with Crippen molar-refractivity contribution in [3.05, 3.63) is 42.1 Å². The van der Waals surface area contributed by atoms with E-state index >= 15 is 0 Å². The summed E-state index contributed by atoms with van der Waals surface area (Å²) in [6.45, 7) is 3.06. The van der Waals surface area contributed by atoms with E-state index in [1.165, 1.54) is 19.3 Å². The molecule has 1 aromatic heterocycles. The number of aliphatic hydroxyl groups is 1. The van der Waals surface area contributed by atoms with Gasteiger partial charge in [0, 0.05) is 24.5 Å². The monoisotopic (exact) mass is 367 g/mol. The number of carbonyl (C=O) groups is 1. The lowest BCUT2D eigenvalue weighted by molar-refractivity contribution is -0.123. The summed E-state index contributed by atoms with van der Waals surface area (Å²) in [5, 5.41) is 14.1. The highest BCUT2D eigenvalue weighted by molar-refractivity contribution is 5.80. The van der Waals surface area contributed by atoms with E-state index < -0.39 is 0 Å². The first-order valence-electron chi connectivity index (χ1n) is 10.2. The van der Waals surface area contributed by atoms with Crippen molar-refractivity contribution in [2.45, 2.75) is 50.7 Å². The number of fused-ring (bicyclic) bond motifs is 1. The molecule has 2 aromatic rings. The van der Waals surface area contributed by atoms with Gasteiger partial charge in [-0.1, -0.05) is 24.6 Å². The van der Waals surface area contributed by atoms with Crippen LogP contribution < -0.4 is 5.32 Å². The number of benzene rings is 1. The minimum absolute atomic E-state index is 0.0700. The van der Waals surface area contributed by atoms with Crippen LogP contribution in [0.4, 0.5) is 0 Å². The van der Waals surface area contributed by atoms with Crippen LogP contribution in [0.5, 0.6) is 0 Å². The number of pyridine rings is 1. The molecule has 1 saturated carbocycles. The standard InChI is InChI=1S/C22H29N3O2/c26-19-13-17(14-19)22(18-12-16-6-2-3-7-20(16)23-15-18)24-21(27)8-11-25-9-4-1-5-10-25/h2-3,6-7,12,15,17,19,22,26H,1,4-5,8-11,13-14H2,(H,24,27)/t17?,19?,22-/m0/s1. The summed E-state index contributed by atoms with van der Waals surface area (Å²) in [6.07, 6.45) is 7.45. The maximum atomic E-state index is 12.6. The Morgan fingerprint density at radius 2 is 2.00 bits per heavy atom. The van der Waals surface area contributed by atoms with Gasteiger partial charge in [-0.05, 0) is 62.4 Å². The molecule has 0 unspecified atom stereocenters. The average Bonchev–Trinajstić information content (AvgIpc) is 2.69. The third-order valence-corrected chi connectivity index (χ3v) is 6.01. The molecule has 4 rings (SSSR count). The lowest BCUT2D eigenvalue weighted by Crippen LogP contribution is -2.42. The van der Waals surface area contributed by atoms with Crippen molar-refractivity contribution in [1.82, 2.24) is 15.2 Å². The molecule has 0 bridgehead atoms. The number of rotatable bonds is 6. The van der Waals surface area contributed by atoms with Crippen molar-refractivity contribution in [3.8, 4) is 0 Å². The first-order chi connectivity index (χ1) is 13.2. The molecular formula is C22H29N3O2. The molecule has 1 atom stereocenters. The summed E-state index contributed by atoms with van der Waals surface area (Å²) in [5.41, 5.74) is 2.00. The predicted octanol–water partition coefficient (Wildman–Crippen LogP) is 3.04. The highest BCUT2D eigenvalue weighted by atomic mass is 16.3. The molecule has 2 fully saturated rings. The minimum atomic E-state index is -0.240. The summed E-state index contributed by atoms with van der Waals surface area (Å²) in [5.74, 6) is 0.377. The highest BCUT2D eigenvalue weighted by Gasteiger charge is 2.35. The maximum Gasteiger partial charge on any atom is 0.221 e. The summed E-state index contributed by atoms with van der Waals surface area (Å²) in [4.78, 5) is 19.6. The van der Waals surface area contributed by atoms with Gasteiger partial charge in [0.2, 0.25) is 5.91 Å². The van der Waals surface area contributed by atoms with Crippen molar-refractivity contribution in [1.29, 1.82) is 0 Å². The Morgan fingerprint density at radius 3 is 2.78 bits per heavy atom. The van der Waals surface area contributed by atoms with Crippen LogP contribution in [-0.4, -0.2) is 46.6 Å². The number of para-hydroxylation sites is 1. The zero-order valence-electron chi connectivity index (χ0n) is 15.8. The number of carbonyl (C=O) groups excluding carboxylic acids is 1. The smallest absolute Gasteiger partial charge is 0.221 e. The Balaban J connectivity index is 1.44. The Hall–Kier alpha value is -1.98. The van der Waals surface area contributed by atoms with E-state index in [0.29, 0.717) is 6.42 Å². The van der Waals surface area contributed by atoms with Gasteiger partial charge in [-0.15, -0.1) is 0 Å². The third-order valence-electron chi connectivity index (χ3n) is 6.01. The van der Waals surface area contributed by atoms with E-state index in [0.717, 1.165) is 48.9 Å². The zero-order chi connectivity index (χ0) is 18.6. The number of aromatic nitrogens is 1. The normalized spacial score (nSPS) is 24.3. The van der Waals surface area contributed by atoms with E-state index in [1.54, 1.807) is 0 Å². The molecular weight excluding hydrogens is 338 g/mol. The van der Waals surface area contributed by atoms with Gasteiger partial charge in [-0.25, -0.2) is 0 Å². The Kier molecular flexibility index (Phi) is 5.69. The lowest BCUT2D eigenvalue weighted by atomic mass is 9.75. The van der Waals surface area contributed by atoms with Crippen LogP contribution in [0.3, 0.4) is 0 Å². The van der Waals surface area contributed by atoms with Crippen LogP contribution in [0.2, 0.25) is 0 Å². The predicted molar refractivity (Wildman–Crippen MR) is 106 cm³/mol. The Morgan fingerprint density at radius 1 is 1.22 bits per heavy atom. The zero-order valence-corrected chi connectivity index (χ0v) is 15.8. The van der Waals surface area contributed by atoms with Gasteiger partial charge in [0.1, 0.15) is 0 Å². The van der Waals surface area contributed by atoms with Gasteiger partial charge >= 0.3 is 0 Å². The molecule has 2 aliphatic rings. The largest absolute Gasteiger partial charge is 0.393 e. The average molecular weight is 367 g/mol. The molecule has 1 aliphatic carbocycles. The maximum absolute atomic E-state index is 12.6. The Labute approximate surface area is 160 Å². The highest BCUT2D eigenvalue weighted by Crippen LogP contribution is 2.38. The van der Waals surface area contributed by atoms with Crippen molar-refractivity contribution in [3.63, 3.8) is 0 Å². The molecule has 0 spiro atoms. The van der Waals surface area contributed by atoms with Gasteiger partial charge in [-0.3, -0.25) is 9.78 Å². The van der Waals surface area contributed by atoms with Crippen molar-refractivity contribution < 1.29 is 9.90 Å². The number of nitrogens with one attached hydrogen (secondary N) is 1. The van der Waals surface area contributed by atoms with Gasteiger partial charge in [0.05, 0.1) is 17.7 Å².